The number of carbonyl (C=O) groups is 1. The van der Waals surface area contributed by atoms with Crippen LogP contribution >= 0.6 is 12.4 Å². The first kappa shape index (κ1) is 20.3. The molecule has 0 saturated heterocycles. The minimum Gasteiger partial charge on any atom is -0.497 e. The van der Waals surface area contributed by atoms with Gasteiger partial charge in [-0.2, -0.15) is 0 Å². The van der Waals surface area contributed by atoms with Gasteiger partial charge >= 0.3 is 0 Å². The Labute approximate surface area is 161 Å². The van der Waals surface area contributed by atoms with Crippen molar-refractivity contribution in [2.75, 3.05) is 7.11 Å². The second kappa shape index (κ2) is 9.60. The Hall–Kier alpha value is -2.04. The number of amides is 1. The Morgan fingerprint density at radius 2 is 1.92 bits per heavy atom. The van der Waals surface area contributed by atoms with Crippen molar-refractivity contribution in [3.05, 3.63) is 54.1 Å². The molecule has 1 aliphatic carbocycles. The van der Waals surface area contributed by atoms with Crippen LogP contribution in [0.25, 0.3) is 11.1 Å². The van der Waals surface area contributed by atoms with E-state index in [4.69, 9.17) is 10.5 Å². The van der Waals surface area contributed by atoms with Gasteiger partial charge in [0, 0.05) is 18.5 Å². The van der Waals surface area contributed by atoms with E-state index in [1.54, 1.807) is 7.11 Å². The predicted molar refractivity (Wildman–Crippen MR) is 107 cm³/mol. The molecule has 1 amide bonds. The quantitative estimate of drug-likeness (QED) is 0.833. The van der Waals surface area contributed by atoms with Gasteiger partial charge < -0.3 is 15.8 Å². The fourth-order valence-electron chi connectivity index (χ4n) is 3.42. The van der Waals surface area contributed by atoms with Crippen molar-refractivity contribution in [3.63, 3.8) is 0 Å². The molecule has 1 aliphatic rings. The first-order chi connectivity index (χ1) is 12.2. The van der Waals surface area contributed by atoms with E-state index in [2.05, 4.69) is 35.6 Å². The number of ether oxygens (including phenoxy) is 1. The zero-order chi connectivity index (χ0) is 17.6. The van der Waals surface area contributed by atoms with Crippen LogP contribution in [0.3, 0.4) is 0 Å². The zero-order valence-electron chi connectivity index (χ0n) is 15.1. The monoisotopic (exact) mass is 374 g/mol. The molecule has 2 aromatic rings. The van der Waals surface area contributed by atoms with Crippen molar-refractivity contribution in [1.82, 2.24) is 5.32 Å². The Morgan fingerprint density at radius 1 is 1.15 bits per heavy atom. The van der Waals surface area contributed by atoms with E-state index in [0.717, 1.165) is 48.1 Å². The van der Waals surface area contributed by atoms with Crippen LogP contribution in [-0.4, -0.2) is 19.1 Å². The number of hydrogen-bond acceptors (Lipinski definition) is 3. The maximum atomic E-state index is 12.3. The summed E-state index contributed by atoms with van der Waals surface area (Å²) in [6.45, 7) is 0.558. The second-order valence-corrected chi connectivity index (χ2v) is 6.77. The average Bonchev–Trinajstić information content (AvgIpc) is 2.66. The maximum absolute atomic E-state index is 12.3. The summed E-state index contributed by atoms with van der Waals surface area (Å²) in [5, 5.41) is 3.05. The Bertz CT molecular complexity index is 718. The molecule has 0 spiro atoms. The van der Waals surface area contributed by atoms with Gasteiger partial charge in [0.25, 0.3) is 0 Å². The lowest BCUT2D eigenvalue weighted by Gasteiger charge is -2.25. The maximum Gasteiger partial charge on any atom is 0.223 e. The summed E-state index contributed by atoms with van der Waals surface area (Å²) in [4.78, 5) is 12.3. The summed E-state index contributed by atoms with van der Waals surface area (Å²) in [6.07, 6.45) is 3.85. The van der Waals surface area contributed by atoms with Crippen molar-refractivity contribution in [2.45, 2.75) is 38.3 Å². The van der Waals surface area contributed by atoms with Crippen molar-refractivity contribution < 1.29 is 9.53 Å². The lowest BCUT2D eigenvalue weighted by molar-refractivity contribution is -0.126. The number of rotatable bonds is 5. The number of nitrogens with two attached hydrogens (primary N) is 1. The van der Waals surface area contributed by atoms with Crippen LogP contribution in [0.1, 0.15) is 31.2 Å². The molecule has 3 N–H and O–H groups in total. The minimum absolute atomic E-state index is 0. The lowest BCUT2D eigenvalue weighted by atomic mass is 9.85. The smallest absolute Gasteiger partial charge is 0.223 e. The molecule has 0 aliphatic heterocycles. The Balaban J connectivity index is 0.00000243. The minimum atomic E-state index is 0. The zero-order valence-corrected chi connectivity index (χ0v) is 15.9. The van der Waals surface area contributed by atoms with Gasteiger partial charge in [0.1, 0.15) is 5.75 Å². The van der Waals surface area contributed by atoms with Gasteiger partial charge in [0.2, 0.25) is 5.91 Å². The molecule has 2 unspecified atom stereocenters. The van der Waals surface area contributed by atoms with Gasteiger partial charge in [-0.25, -0.2) is 0 Å². The molecule has 0 aromatic heterocycles. The number of methoxy groups -OCH3 is 1. The molecule has 0 bridgehead atoms. The van der Waals surface area contributed by atoms with Crippen LogP contribution in [0.4, 0.5) is 0 Å². The molecular formula is C21H27ClN2O2. The highest BCUT2D eigenvalue weighted by Gasteiger charge is 2.24. The van der Waals surface area contributed by atoms with Crippen molar-refractivity contribution in [1.29, 1.82) is 0 Å². The molecular weight excluding hydrogens is 348 g/mol. The van der Waals surface area contributed by atoms with Gasteiger partial charge in [-0.3, -0.25) is 4.79 Å². The number of hydrogen-bond donors (Lipinski definition) is 2. The van der Waals surface area contributed by atoms with Crippen LogP contribution in [0.5, 0.6) is 5.75 Å². The molecule has 1 saturated carbocycles. The fraction of sp³-hybridized carbons (Fsp3) is 0.381. The number of nitrogens with one attached hydrogen (secondary N) is 1. The van der Waals surface area contributed by atoms with E-state index >= 15 is 0 Å². The highest BCUT2D eigenvalue weighted by atomic mass is 35.5. The molecule has 2 atom stereocenters. The number of benzene rings is 2. The van der Waals surface area contributed by atoms with Crippen molar-refractivity contribution in [2.24, 2.45) is 11.7 Å². The van der Waals surface area contributed by atoms with Gasteiger partial charge in [-0.1, -0.05) is 42.8 Å². The molecule has 4 nitrogen and oxygen atoms in total. The summed E-state index contributed by atoms with van der Waals surface area (Å²) in [7, 11) is 1.67. The van der Waals surface area contributed by atoms with Gasteiger partial charge in [-0.15, -0.1) is 12.4 Å². The number of carbonyl (C=O) groups excluding carboxylic acids is 1. The van der Waals surface area contributed by atoms with E-state index in [-0.39, 0.29) is 30.3 Å². The lowest BCUT2D eigenvalue weighted by Crippen LogP contribution is -2.37. The standard InChI is InChI=1S/C21H26N2O2.ClH/c1-25-20-7-3-4-17(13-20)16-10-8-15(9-11-16)14-23-21(24)18-5-2-6-19(22)12-18;/h3-4,7-11,13,18-19H,2,5-6,12,14,22H2,1H3,(H,23,24);1H. The van der Waals surface area contributed by atoms with Crippen LogP contribution in [0.15, 0.2) is 48.5 Å². The third-order valence-corrected chi connectivity index (χ3v) is 4.91. The normalized spacial score (nSPS) is 19.3. The first-order valence-electron chi connectivity index (χ1n) is 8.92. The molecule has 140 valence electrons. The summed E-state index contributed by atoms with van der Waals surface area (Å²) < 4.78 is 5.27. The SMILES string of the molecule is COc1cccc(-c2ccc(CNC(=O)C3CCCC(N)C3)cc2)c1.Cl. The van der Waals surface area contributed by atoms with Crippen molar-refractivity contribution in [3.8, 4) is 16.9 Å². The molecule has 26 heavy (non-hydrogen) atoms. The van der Waals surface area contributed by atoms with Gasteiger partial charge in [0.05, 0.1) is 7.11 Å². The fourth-order valence-corrected chi connectivity index (χ4v) is 3.42. The van der Waals surface area contributed by atoms with E-state index < -0.39 is 0 Å². The second-order valence-electron chi connectivity index (χ2n) is 6.77. The predicted octanol–water partition coefficient (Wildman–Crippen LogP) is 3.92. The summed E-state index contributed by atoms with van der Waals surface area (Å²) in [5.41, 5.74) is 9.32. The Kier molecular flexibility index (Phi) is 7.49. The largest absolute Gasteiger partial charge is 0.497 e. The average molecular weight is 375 g/mol. The Morgan fingerprint density at radius 3 is 2.62 bits per heavy atom. The topological polar surface area (TPSA) is 64.3 Å². The molecule has 1 fully saturated rings. The third kappa shape index (κ3) is 5.23. The number of halogens is 1. The van der Waals surface area contributed by atoms with Crippen LogP contribution < -0.4 is 15.8 Å². The third-order valence-electron chi connectivity index (χ3n) is 4.91. The van der Waals surface area contributed by atoms with Crippen LogP contribution in [0.2, 0.25) is 0 Å². The molecule has 0 radical (unpaired) electrons. The molecule has 2 aromatic carbocycles. The van der Waals surface area contributed by atoms with E-state index in [1.165, 1.54) is 0 Å². The summed E-state index contributed by atoms with van der Waals surface area (Å²) in [5.74, 6) is 1.05. The van der Waals surface area contributed by atoms with Gasteiger partial charge in [-0.05, 0) is 48.1 Å². The summed E-state index contributed by atoms with van der Waals surface area (Å²) >= 11 is 0. The molecule has 3 rings (SSSR count). The van der Waals surface area contributed by atoms with Gasteiger partial charge in [0.15, 0.2) is 0 Å². The summed E-state index contributed by atoms with van der Waals surface area (Å²) in [6, 6.07) is 16.4. The molecule has 5 heteroatoms. The first-order valence-corrected chi connectivity index (χ1v) is 8.92. The van der Waals surface area contributed by atoms with E-state index in [0.29, 0.717) is 6.54 Å². The van der Waals surface area contributed by atoms with Crippen molar-refractivity contribution >= 4 is 18.3 Å². The highest BCUT2D eigenvalue weighted by Crippen LogP contribution is 2.25. The van der Waals surface area contributed by atoms with Crippen LogP contribution in [0, 0.1) is 5.92 Å². The highest BCUT2D eigenvalue weighted by molar-refractivity contribution is 5.85. The van der Waals surface area contributed by atoms with E-state index in [1.807, 2.05) is 18.2 Å². The van der Waals surface area contributed by atoms with E-state index in [9.17, 15) is 4.79 Å². The van der Waals surface area contributed by atoms with Crippen LogP contribution in [-0.2, 0) is 11.3 Å². The molecule has 0 heterocycles.